The first-order valence-electron chi connectivity index (χ1n) is 8.75. The zero-order valence-corrected chi connectivity index (χ0v) is 16.3. The summed E-state index contributed by atoms with van der Waals surface area (Å²) < 4.78 is 5.22. The Labute approximate surface area is 167 Å². The maximum atomic E-state index is 12.4. The topological polar surface area (TPSA) is 103 Å². The van der Waals surface area contributed by atoms with Crippen molar-refractivity contribution in [3.05, 3.63) is 76.0 Å². The highest BCUT2D eigenvalue weighted by Gasteiger charge is 2.12. The van der Waals surface area contributed by atoms with Gasteiger partial charge in [-0.25, -0.2) is 4.99 Å². The third-order valence-corrected chi connectivity index (χ3v) is 5.02. The van der Waals surface area contributed by atoms with Crippen LogP contribution in [0.15, 0.2) is 65.0 Å². The van der Waals surface area contributed by atoms with Crippen LogP contribution in [-0.4, -0.2) is 25.4 Å². The molecule has 144 valence electrons. The molecule has 0 aliphatic rings. The number of methoxy groups -OCH3 is 1. The zero-order chi connectivity index (χ0) is 19.9. The molecule has 1 aromatic heterocycles. The van der Waals surface area contributed by atoms with Crippen molar-refractivity contribution in [2.75, 3.05) is 19.4 Å². The Kier molecular flexibility index (Phi) is 6.29. The van der Waals surface area contributed by atoms with Crippen molar-refractivity contribution >= 4 is 34.5 Å². The summed E-state index contributed by atoms with van der Waals surface area (Å²) in [5, 5.41) is 4.86. The van der Waals surface area contributed by atoms with E-state index in [0.29, 0.717) is 35.8 Å². The molecule has 1 heterocycles. The lowest BCUT2D eigenvalue weighted by Crippen LogP contribution is -2.26. The number of thiophene rings is 1. The Bertz CT molecular complexity index is 967. The summed E-state index contributed by atoms with van der Waals surface area (Å²) in [6, 6.07) is 16.7. The molecular weight excluding hydrogens is 372 g/mol. The zero-order valence-electron chi connectivity index (χ0n) is 15.5. The fourth-order valence-corrected chi connectivity index (χ4v) is 3.30. The number of carbonyl (C=O) groups is 1. The van der Waals surface area contributed by atoms with Crippen LogP contribution in [0.5, 0.6) is 5.75 Å². The number of amides is 1. The van der Waals surface area contributed by atoms with E-state index in [4.69, 9.17) is 16.2 Å². The van der Waals surface area contributed by atoms with E-state index in [2.05, 4.69) is 10.3 Å². The Morgan fingerprint density at radius 1 is 1.18 bits per heavy atom. The Hall–Kier alpha value is -3.32. The number of nitrogens with zero attached hydrogens (tertiary/aromatic N) is 1. The highest BCUT2D eigenvalue weighted by atomic mass is 32.1. The number of nitrogens with one attached hydrogen (secondary N) is 1. The number of nitrogen functional groups attached to an aromatic ring is 1. The van der Waals surface area contributed by atoms with Crippen LogP contribution in [0.4, 0.5) is 11.4 Å². The molecule has 0 aliphatic carbocycles. The molecule has 0 fully saturated rings. The van der Waals surface area contributed by atoms with Crippen LogP contribution in [0.25, 0.3) is 0 Å². The van der Waals surface area contributed by atoms with E-state index in [1.807, 2.05) is 41.8 Å². The smallest absolute Gasteiger partial charge is 0.255 e. The van der Waals surface area contributed by atoms with Crippen molar-refractivity contribution in [1.82, 2.24) is 5.32 Å². The van der Waals surface area contributed by atoms with E-state index >= 15 is 0 Å². The number of benzene rings is 2. The van der Waals surface area contributed by atoms with Crippen LogP contribution in [0, 0.1) is 0 Å². The molecule has 0 radical (unpaired) electrons. The lowest BCUT2D eigenvalue weighted by molar-refractivity contribution is 0.0951. The number of anilines is 1. The van der Waals surface area contributed by atoms with Crippen LogP contribution < -0.4 is 21.5 Å². The maximum absolute atomic E-state index is 12.4. The molecule has 0 bridgehead atoms. The quantitative estimate of drug-likeness (QED) is 0.325. The van der Waals surface area contributed by atoms with Crippen LogP contribution >= 0.6 is 11.3 Å². The first kappa shape index (κ1) is 19.4. The van der Waals surface area contributed by atoms with Gasteiger partial charge in [0, 0.05) is 12.2 Å². The van der Waals surface area contributed by atoms with Gasteiger partial charge in [0.2, 0.25) is 0 Å². The van der Waals surface area contributed by atoms with E-state index in [0.717, 1.165) is 16.1 Å². The van der Waals surface area contributed by atoms with Crippen molar-refractivity contribution < 1.29 is 9.53 Å². The second-order valence-electron chi connectivity index (χ2n) is 6.11. The molecular formula is C21H22N4O2S. The summed E-state index contributed by atoms with van der Waals surface area (Å²) in [5.74, 6) is 0.789. The highest BCUT2D eigenvalue weighted by molar-refractivity contribution is 7.12. The molecule has 1 amide bonds. The number of hydrogen-bond acceptors (Lipinski definition) is 5. The van der Waals surface area contributed by atoms with Crippen molar-refractivity contribution in [1.29, 1.82) is 0 Å². The summed E-state index contributed by atoms with van der Waals surface area (Å²) >= 11 is 1.56. The largest absolute Gasteiger partial charge is 0.496 e. The van der Waals surface area contributed by atoms with Gasteiger partial charge in [-0.15, -0.1) is 11.3 Å². The first-order chi connectivity index (χ1) is 13.6. The minimum absolute atomic E-state index is 0.214. The Morgan fingerprint density at radius 2 is 1.96 bits per heavy atom. The second-order valence-corrected chi connectivity index (χ2v) is 7.05. The number of hydrogen-bond donors (Lipinski definition) is 3. The fraction of sp³-hybridized carbons (Fsp3) is 0.143. The SMILES string of the molecule is COc1ccc(N)cc1C(=O)NCCc1ccc(N=C(N)c2cccs2)cc1. The molecule has 3 rings (SSSR count). The van der Waals surface area contributed by atoms with Gasteiger partial charge in [0.15, 0.2) is 0 Å². The molecule has 0 saturated carbocycles. The number of ether oxygens (including phenoxy) is 1. The molecule has 3 aromatic rings. The molecule has 6 nitrogen and oxygen atoms in total. The maximum Gasteiger partial charge on any atom is 0.255 e. The number of aliphatic imine (C=N–C) groups is 1. The van der Waals surface area contributed by atoms with Crippen LogP contribution in [0.1, 0.15) is 20.8 Å². The number of carbonyl (C=O) groups excluding carboxylic acids is 1. The Balaban J connectivity index is 1.56. The molecule has 5 N–H and O–H groups in total. The molecule has 28 heavy (non-hydrogen) atoms. The van der Waals surface area contributed by atoms with Gasteiger partial charge in [-0.3, -0.25) is 4.79 Å². The molecule has 0 atom stereocenters. The van der Waals surface area contributed by atoms with Gasteiger partial charge >= 0.3 is 0 Å². The molecule has 7 heteroatoms. The van der Waals surface area contributed by atoms with Crippen molar-refractivity contribution in [2.24, 2.45) is 10.7 Å². The summed E-state index contributed by atoms with van der Waals surface area (Å²) in [6.07, 6.45) is 0.695. The van der Waals surface area contributed by atoms with Gasteiger partial charge < -0.3 is 21.5 Å². The molecule has 2 aromatic carbocycles. The van der Waals surface area contributed by atoms with Gasteiger partial charge in [0.05, 0.1) is 23.2 Å². The lowest BCUT2D eigenvalue weighted by atomic mass is 10.1. The number of rotatable bonds is 7. The lowest BCUT2D eigenvalue weighted by Gasteiger charge is -2.10. The van der Waals surface area contributed by atoms with Crippen molar-refractivity contribution in [2.45, 2.75) is 6.42 Å². The normalized spacial score (nSPS) is 11.2. The van der Waals surface area contributed by atoms with E-state index < -0.39 is 0 Å². The minimum Gasteiger partial charge on any atom is -0.496 e. The van der Waals surface area contributed by atoms with Crippen LogP contribution in [-0.2, 0) is 6.42 Å². The predicted molar refractivity (Wildman–Crippen MR) is 115 cm³/mol. The number of nitrogens with two attached hydrogens (primary N) is 2. The van der Waals surface area contributed by atoms with Crippen LogP contribution in [0.3, 0.4) is 0 Å². The predicted octanol–water partition coefficient (Wildman–Crippen LogP) is 3.35. The van der Waals surface area contributed by atoms with E-state index in [1.165, 1.54) is 7.11 Å². The molecule has 0 aliphatic heterocycles. The summed E-state index contributed by atoms with van der Waals surface area (Å²) in [5.41, 5.74) is 14.6. The third kappa shape index (κ3) is 4.89. The second kappa shape index (κ2) is 9.05. The summed E-state index contributed by atoms with van der Waals surface area (Å²) in [7, 11) is 1.53. The molecule has 0 saturated heterocycles. The Morgan fingerprint density at radius 3 is 2.64 bits per heavy atom. The summed E-state index contributed by atoms with van der Waals surface area (Å²) in [4.78, 5) is 17.8. The fourth-order valence-electron chi connectivity index (χ4n) is 2.67. The van der Waals surface area contributed by atoms with Gasteiger partial charge in [0.1, 0.15) is 11.6 Å². The van der Waals surface area contributed by atoms with E-state index in [1.54, 1.807) is 29.5 Å². The average molecular weight is 395 g/mol. The van der Waals surface area contributed by atoms with Crippen molar-refractivity contribution in [3.8, 4) is 5.75 Å². The standard InChI is InChI=1S/C21H22N4O2S/c1-27-18-9-6-15(22)13-17(18)21(26)24-11-10-14-4-7-16(8-5-14)25-20(23)19-3-2-12-28-19/h2-9,12-13H,10-11,22H2,1H3,(H2,23,25)(H,24,26). The van der Waals surface area contributed by atoms with Gasteiger partial charge in [-0.05, 0) is 53.8 Å². The molecule has 0 spiro atoms. The minimum atomic E-state index is -0.214. The molecule has 0 unspecified atom stereocenters. The van der Waals surface area contributed by atoms with E-state index in [-0.39, 0.29) is 5.91 Å². The third-order valence-electron chi connectivity index (χ3n) is 4.13. The average Bonchev–Trinajstić information content (AvgIpc) is 3.24. The van der Waals surface area contributed by atoms with E-state index in [9.17, 15) is 4.79 Å². The summed E-state index contributed by atoms with van der Waals surface area (Å²) in [6.45, 7) is 0.497. The first-order valence-corrected chi connectivity index (χ1v) is 9.63. The van der Waals surface area contributed by atoms with Crippen LogP contribution in [0.2, 0.25) is 0 Å². The number of amidine groups is 1. The van der Waals surface area contributed by atoms with Gasteiger partial charge in [0.25, 0.3) is 5.91 Å². The highest BCUT2D eigenvalue weighted by Crippen LogP contribution is 2.21. The monoisotopic (exact) mass is 394 g/mol. The van der Waals surface area contributed by atoms with Crippen molar-refractivity contribution in [3.63, 3.8) is 0 Å². The van der Waals surface area contributed by atoms with Gasteiger partial charge in [-0.2, -0.15) is 0 Å². The van der Waals surface area contributed by atoms with Gasteiger partial charge in [-0.1, -0.05) is 18.2 Å².